The number of carboxylic acids is 1. The molecule has 4 nitrogen and oxygen atoms in total. The Morgan fingerprint density at radius 2 is 2.10 bits per heavy atom. The predicted octanol–water partition coefficient (Wildman–Crippen LogP) is 2.36. The Morgan fingerprint density at radius 1 is 1.33 bits per heavy atom. The first-order valence-corrected chi connectivity index (χ1v) is 6.92. The molecule has 1 aromatic carbocycles. The van der Waals surface area contributed by atoms with E-state index in [9.17, 15) is 18.4 Å². The molecule has 1 aromatic rings. The van der Waals surface area contributed by atoms with E-state index in [2.05, 4.69) is 0 Å². The second-order valence-corrected chi connectivity index (χ2v) is 5.22. The standard InChI is InChI=1S/C15H17F2NO3/c16-11-4-5-13(17)10(8-11)3-6-14(19)18-7-1-2-12(18)9-15(20)21/h4-5,8,12H,1-3,6-7,9H2,(H,20,21). The van der Waals surface area contributed by atoms with E-state index in [-0.39, 0.29) is 36.8 Å². The van der Waals surface area contributed by atoms with Crippen molar-refractivity contribution in [3.05, 3.63) is 35.4 Å². The number of carboxylic acid groups (broad SMARTS) is 1. The summed E-state index contributed by atoms with van der Waals surface area (Å²) < 4.78 is 26.5. The van der Waals surface area contributed by atoms with Crippen molar-refractivity contribution in [2.24, 2.45) is 0 Å². The predicted molar refractivity (Wildman–Crippen MR) is 71.7 cm³/mol. The van der Waals surface area contributed by atoms with E-state index in [0.29, 0.717) is 13.0 Å². The van der Waals surface area contributed by atoms with Gasteiger partial charge in [0.25, 0.3) is 0 Å². The summed E-state index contributed by atoms with van der Waals surface area (Å²) in [4.78, 5) is 24.4. The van der Waals surface area contributed by atoms with Crippen LogP contribution < -0.4 is 0 Å². The molecule has 1 atom stereocenters. The fraction of sp³-hybridized carbons (Fsp3) is 0.467. The largest absolute Gasteiger partial charge is 0.481 e. The summed E-state index contributed by atoms with van der Waals surface area (Å²) in [5.41, 5.74) is 0.164. The normalized spacial score (nSPS) is 18.0. The number of nitrogens with zero attached hydrogens (tertiary/aromatic N) is 1. The van der Waals surface area contributed by atoms with Crippen LogP contribution in [0.1, 0.15) is 31.2 Å². The lowest BCUT2D eigenvalue weighted by Gasteiger charge is -2.23. The van der Waals surface area contributed by atoms with E-state index in [1.54, 1.807) is 4.90 Å². The van der Waals surface area contributed by atoms with Gasteiger partial charge in [-0.05, 0) is 43.0 Å². The van der Waals surface area contributed by atoms with Crippen molar-refractivity contribution in [1.82, 2.24) is 4.90 Å². The minimum absolute atomic E-state index is 0.0521. The number of aryl methyl sites for hydroxylation is 1. The molecular formula is C15H17F2NO3. The number of carbonyl (C=O) groups excluding carboxylic acids is 1. The minimum Gasteiger partial charge on any atom is -0.481 e. The first kappa shape index (κ1) is 15.4. The van der Waals surface area contributed by atoms with Gasteiger partial charge in [0.15, 0.2) is 0 Å². The minimum atomic E-state index is -0.934. The van der Waals surface area contributed by atoms with Crippen LogP contribution in [-0.2, 0) is 16.0 Å². The number of benzene rings is 1. The number of amides is 1. The van der Waals surface area contributed by atoms with Crippen LogP contribution in [0.25, 0.3) is 0 Å². The Balaban J connectivity index is 1.95. The molecule has 0 aromatic heterocycles. The third kappa shape index (κ3) is 4.00. The number of likely N-dealkylation sites (tertiary alicyclic amines) is 1. The highest BCUT2D eigenvalue weighted by Gasteiger charge is 2.29. The van der Waals surface area contributed by atoms with Crippen molar-refractivity contribution in [2.75, 3.05) is 6.54 Å². The van der Waals surface area contributed by atoms with Gasteiger partial charge in [-0.15, -0.1) is 0 Å². The second kappa shape index (κ2) is 6.65. The number of hydrogen-bond acceptors (Lipinski definition) is 2. The number of halogens is 2. The topological polar surface area (TPSA) is 57.6 Å². The zero-order chi connectivity index (χ0) is 15.4. The second-order valence-electron chi connectivity index (χ2n) is 5.22. The van der Waals surface area contributed by atoms with Gasteiger partial charge >= 0.3 is 5.97 Å². The van der Waals surface area contributed by atoms with Gasteiger partial charge in [-0.3, -0.25) is 9.59 Å². The first-order valence-electron chi connectivity index (χ1n) is 6.92. The molecule has 2 rings (SSSR count). The summed E-state index contributed by atoms with van der Waals surface area (Å²) in [6, 6.07) is 2.87. The van der Waals surface area contributed by atoms with Gasteiger partial charge in [0.1, 0.15) is 11.6 Å². The molecule has 0 spiro atoms. The van der Waals surface area contributed by atoms with Gasteiger partial charge in [0.2, 0.25) is 5.91 Å². The van der Waals surface area contributed by atoms with Crippen molar-refractivity contribution >= 4 is 11.9 Å². The van der Waals surface area contributed by atoms with Gasteiger partial charge in [-0.1, -0.05) is 0 Å². The summed E-state index contributed by atoms with van der Waals surface area (Å²) in [7, 11) is 0. The zero-order valence-corrected chi connectivity index (χ0v) is 11.5. The molecule has 1 aliphatic heterocycles. The summed E-state index contributed by atoms with van der Waals surface area (Å²) in [5.74, 6) is -2.21. The Hall–Kier alpha value is -1.98. The molecular weight excluding hydrogens is 280 g/mol. The van der Waals surface area contributed by atoms with Gasteiger partial charge in [0, 0.05) is 19.0 Å². The van der Waals surface area contributed by atoms with E-state index >= 15 is 0 Å². The molecule has 1 unspecified atom stereocenters. The molecule has 0 saturated carbocycles. The maximum atomic E-state index is 13.5. The van der Waals surface area contributed by atoms with Crippen LogP contribution in [0, 0.1) is 11.6 Å². The number of aliphatic carboxylic acids is 1. The Morgan fingerprint density at radius 3 is 2.81 bits per heavy atom. The average Bonchev–Trinajstić information content (AvgIpc) is 2.86. The highest BCUT2D eigenvalue weighted by atomic mass is 19.1. The van der Waals surface area contributed by atoms with Crippen LogP contribution >= 0.6 is 0 Å². The molecule has 0 aliphatic carbocycles. The van der Waals surface area contributed by atoms with Gasteiger partial charge < -0.3 is 10.0 Å². The Kier molecular flexibility index (Phi) is 4.88. The highest BCUT2D eigenvalue weighted by Crippen LogP contribution is 2.22. The number of carbonyl (C=O) groups is 2. The smallest absolute Gasteiger partial charge is 0.305 e. The van der Waals surface area contributed by atoms with Crippen LogP contribution in [0.3, 0.4) is 0 Å². The molecule has 1 fully saturated rings. The molecule has 1 amide bonds. The van der Waals surface area contributed by atoms with Gasteiger partial charge in [-0.25, -0.2) is 8.78 Å². The SMILES string of the molecule is O=C(O)CC1CCCN1C(=O)CCc1cc(F)ccc1F. The molecule has 1 heterocycles. The summed E-state index contributed by atoms with van der Waals surface area (Å²) in [5, 5.41) is 8.82. The first-order chi connectivity index (χ1) is 9.97. The molecule has 114 valence electrons. The maximum absolute atomic E-state index is 13.5. The van der Waals surface area contributed by atoms with E-state index < -0.39 is 17.6 Å². The van der Waals surface area contributed by atoms with E-state index in [1.165, 1.54) is 0 Å². The van der Waals surface area contributed by atoms with Crippen LogP contribution in [0.4, 0.5) is 8.78 Å². The quantitative estimate of drug-likeness (QED) is 0.907. The molecule has 1 saturated heterocycles. The fourth-order valence-corrected chi connectivity index (χ4v) is 2.70. The Labute approximate surface area is 121 Å². The van der Waals surface area contributed by atoms with Crippen LogP contribution in [-0.4, -0.2) is 34.5 Å². The van der Waals surface area contributed by atoms with E-state index in [0.717, 1.165) is 24.6 Å². The lowest BCUT2D eigenvalue weighted by atomic mass is 10.1. The monoisotopic (exact) mass is 297 g/mol. The molecule has 0 bridgehead atoms. The lowest BCUT2D eigenvalue weighted by Crippen LogP contribution is -2.37. The maximum Gasteiger partial charge on any atom is 0.305 e. The van der Waals surface area contributed by atoms with E-state index in [4.69, 9.17) is 5.11 Å². The summed E-state index contributed by atoms with van der Waals surface area (Å²) >= 11 is 0. The number of rotatable bonds is 5. The highest BCUT2D eigenvalue weighted by molar-refractivity contribution is 5.78. The van der Waals surface area contributed by atoms with Crippen molar-refractivity contribution in [2.45, 2.75) is 38.1 Å². The van der Waals surface area contributed by atoms with Crippen molar-refractivity contribution in [3.8, 4) is 0 Å². The molecule has 21 heavy (non-hydrogen) atoms. The molecule has 1 aliphatic rings. The van der Waals surface area contributed by atoms with Crippen molar-refractivity contribution < 1.29 is 23.5 Å². The fourth-order valence-electron chi connectivity index (χ4n) is 2.70. The summed E-state index contributed by atoms with van der Waals surface area (Å²) in [6.45, 7) is 0.530. The third-order valence-electron chi connectivity index (χ3n) is 3.72. The third-order valence-corrected chi connectivity index (χ3v) is 3.72. The van der Waals surface area contributed by atoms with Gasteiger partial charge in [0.05, 0.1) is 6.42 Å². The number of hydrogen-bond donors (Lipinski definition) is 1. The van der Waals surface area contributed by atoms with Crippen LogP contribution in [0.5, 0.6) is 0 Å². The van der Waals surface area contributed by atoms with Crippen molar-refractivity contribution in [3.63, 3.8) is 0 Å². The molecule has 6 heteroatoms. The van der Waals surface area contributed by atoms with E-state index in [1.807, 2.05) is 0 Å². The summed E-state index contributed by atoms with van der Waals surface area (Å²) in [6.07, 6.45) is 1.54. The van der Waals surface area contributed by atoms with Gasteiger partial charge in [-0.2, -0.15) is 0 Å². The Bertz CT molecular complexity index is 548. The molecule has 1 N–H and O–H groups in total. The lowest BCUT2D eigenvalue weighted by molar-refractivity contribution is -0.139. The average molecular weight is 297 g/mol. The zero-order valence-electron chi connectivity index (χ0n) is 11.5. The van der Waals surface area contributed by atoms with Crippen LogP contribution in [0.2, 0.25) is 0 Å². The van der Waals surface area contributed by atoms with Crippen LogP contribution in [0.15, 0.2) is 18.2 Å². The van der Waals surface area contributed by atoms with Crippen molar-refractivity contribution in [1.29, 1.82) is 0 Å². The molecule has 0 radical (unpaired) electrons.